The zero-order valence-electron chi connectivity index (χ0n) is 21.4. The van der Waals surface area contributed by atoms with Gasteiger partial charge in [0, 0.05) is 37.4 Å². The molecule has 9 nitrogen and oxygen atoms in total. The Hall–Kier alpha value is -1.97. The molecule has 14 atom stereocenters. The summed E-state index contributed by atoms with van der Waals surface area (Å²) in [7, 11) is 1.58. The normalized spacial score (nSPS) is 54.5. The Labute approximate surface area is 210 Å². The smallest absolute Gasteiger partial charge is 0.331 e. The highest BCUT2D eigenvalue weighted by Gasteiger charge is 2.75. The minimum Gasteiger partial charge on any atom is -0.478 e. The van der Waals surface area contributed by atoms with Gasteiger partial charge in [0.2, 0.25) is 0 Å². The van der Waals surface area contributed by atoms with E-state index < -0.39 is 47.4 Å². The number of rotatable bonds is 3. The summed E-state index contributed by atoms with van der Waals surface area (Å²) in [6, 6.07) is 0. The summed E-state index contributed by atoms with van der Waals surface area (Å²) in [6.07, 6.45) is 1.85. The molecule has 3 aliphatic carbocycles. The van der Waals surface area contributed by atoms with Crippen molar-refractivity contribution in [2.45, 2.75) is 76.7 Å². The van der Waals surface area contributed by atoms with E-state index in [2.05, 4.69) is 6.92 Å². The molecular formula is C27H36O9. The molecule has 0 radical (unpaired) electrons. The number of ether oxygens (including phenoxy) is 4. The molecule has 36 heavy (non-hydrogen) atoms. The number of carboxylic acid groups (broad SMARTS) is 1. The van der Waals surface area contributed by atoms with Crippen molar-refractivity contribution in [2.75, 3.05) is 7.11 Å². The maximum Gasteiger partial charge on any atom is 0.331 e. The molecule has 0 spiro atoms. The van der Waals surface area contributed by atoms with E-state index in [0.29, 0.717) is 19.3 Å². The van der Waals surface area contributed by atoms with Crippen LogP contribution in [0.1, 0.15) is 47.0 Å². The fraction of sp³-hybridized carbons (Fsp3) is 0.815. The molecule has 2 N–H and O–H groups in total. The minimum absolute atomic E-state index is 0.103. The first kappa shape index (κ1) is 24.4. The van der Waals surface area contributed by atoms with Gasteiger partial charge in [0.05, 0.1) is 11.7 Å². The molecule has 6 aliphatic rings. The Morgan fingerprint density at radius 1 is 1.19 bits per heavy atom. The molecule has 3 bridgehead atoms. The van der Waals surface area contributed by atoms with Gasteiger partial charge in [0.15, 0.2) is 5.79 Å². The lowest BCUT2D eigenvalue weighted by Gasteiger charge is -2.59. The number of aliphatic hydroxyl groups is 1. The van der Waals surface area contributed by atoms with Gasteiger partial charge in [-0.05, 0) is 55.8 Å². The highest BCUT2D eigenvalue weighted by Crippen LogP contribution is 2.69. The van der Waals surface area contributed by atoms with Gasteiger partial charge in [-0.1, -0.05) is 19.9 Å². The molecular weight excluding hydrogens is 468 g/mol. The third-order valence-electron chi connectivity index (χ3n) is 10.9. The van der Waals surface area contributed by atoms with Crippen LogP contribution in [0.2, 0.25) is 0 Å². The maximum absolute atomic E-state index is 13.7. The third kappa shape index (κ3) is 2.91. The molecule has 0 aromatic heterocycles. The number of hydrogen-bond acceptors (Lipinski definition) is 8. The van der Waals surface area contributed by atoms with E-state index in [1.165, 1.54) is 6.92 Å². The fourth-order valence-corrected chi connectivity index (χ4v) is 9.45. The van der Waals surface area contributed by atoms with Crippen LogP contribution in [0.3, 0.4) is 0 Å². The van der Waals surface area contributed by atoms with Crippen molar-refractivity contribution in [1.82, 2.24) is 0 Å². The molecule has 6 rings (SSSR count). The van der Waals surface area contributed by atoms with E-state index in [-0.39, 0.29) is 59.1 Å². The second-order valence-electron chi connectivity index (χ2n) is 12.2. The lowest BCUT2D eigenvalue weighted by Crippen LogP contribution is -2.69. The molecule has 3 saturated heterocycles. The molecule has 9 heteroatoms. The predicted octanol–water partition coefficient (Wildman–Crippen LogP) is 2.16. The number of fused-ring (bicyclic) bond motifs is 9. The Morgan fingerprint density at radius 2 is 1.92 bits per heavy atom. The van der Waals surface area contributed by atoms with Gasteiger partial charge in [0.1, 0.15) is 18.1 Å². The predicted molar refractivity (Wildman–Crippen MR) is 123 cm³/mol. The number of aliphatic hydroxyl groups excluding tert-OH is 1. The molecule has 0 aromatic rings. The molecule has 0 amide bonds. The summed E-state index contributed by atoms with van der Waals surface area (Å²) in [5, 5.41) is 21.8. The first-order valence-electron chi connectivity index (χ1n) is 13.2. The number of esters is 2. The SMILES string of the molecule is CO[C@@]12O[C@@]3(C)CC[C@@H](OC(=O)[C@@H]1[C@@H]1[C@H]4[C@H]5[C@@H](O)[C@@H](C)[C@@H](OC(C)=O)[C@H]5C=C(C(=O)O)[C@H]4C[C@H]13)[C@@H]2C. The van der Waals surface area contributed by atoms with Gasteiger partial charge in [-0.15, -0.1) is 0 Å². The van der Waals surface area contributed by atoms with Gasteiger partial charge in [0.25, 0.3) is 0 Å². The third-order valence-corrected chi connectivity index (χ3v) is 10.9. The summed E-state index contributed by atoms with van der Waals surface area (Å²) >= 11 is 0. The molecule has 0 aromatic carbocycles. The lowest BCUT2D eigenvalue weighted by atomic mass is 9.59. The largest absolute Gasteiger partial charge is 0.478 e. The Morgan fingerprint density at radius 3 is 2.56 bits per heavy atom. The topological polar surface area (TPSA) is 129 Å². The summed E-state index contributed by atoms with van der Waals surface area (Å²) in [6.45, 7) is 7.23. The van der Waals surface area contributed by atoms with Crippen LogP contribution in [0.4, 0.5) is 0 Å². The second-order valence-corrected chi connectivity index (χ2v) is 12.2. The summed E-state index contributed by atoms with van der Waals surface area (Å²) in [5.74, 6) is -6.18. The lowest BCUT2D eigenvalue weighted by molar-refractivity contribution is -0.378. The van der Waals surface area contributed by atoms with Gasteiger partial charge >= 0.3 is 17.9 Å². The van der Waals surface area contributed by atoms with Crippen LogP contribution in [0, 0.1) is 53.3 Å². The average molecular weight is 505 g/mol. The van der Waals surface area contributed by atoms with Gasteiger partial charge in [-0.25, -0.2) is 4.79 Å². The molecule has 198 valence electrons. The maximum atomic E-state index is 13.7. The second kappa shape index (κ2) is 7.77. The Bertz CT molecular complexity index is 1040. The Kier molecular flexibility index (Phi) is 5.26. The van der Waals surface area contributed by atoms with E-state index in [4.69, 9.17) is 18.9 Å². The van der Waals surface area contributed by atoms with Crippen molar-refractivity contribution >= 4 is 17.9 Å². The minimum atomic E-state index is -1.17. The van der Waals surface area contributed by atoms with Crippen molar-refractivity contribution in [3.8, 4) is 0 Å². The molecule has 2 saturated carbocycles. The molecule has 3 aliphatic heterocycles. The Balaban J connectivity index is 1.53. The summed E-state index contributed by atoms with van der Waals surface area (Å²) in [5.41, 5.74) is -0.346. The highest BCUT2D eigenvalue weighted by molar-refractivity contribution is 5.88. The van der Waals surface area contributed by atoms with Crippen LogP contribution >= 0.6 is 0 Å². The van der Waals surface area contributed by atoms with Crippen LogP contribution in [0.5, 0.6) is 0 Å². The quantitative estimate of drug-likeness (QED) is 0.556. The zero-order chi connectivity index (χ0) is 25.9. The van der Waals surface area contributed by atoms with Crippen molar-refractivity contribution in [3.05, 3.63) is 11.6 Å². The molecule has 0 unspecified atom stereocenters. The van der Waals surface area contributed by atoms with Crippen LogP contribution in [0.25, 0.3) is 0 Å². The van der Waals surface area contributed by atoms with Gasteiger partial charge in [-0.2, -0.15) is 0 Å². The van der Waals surface area contributed by atoms with Gasteiger partial charge < -0.3 is 29.2 Å². The first-order valence-corrected chi connectivity index (χ1v) is 13.2. The zero-order valence-corrected chi connectivity index (χ0v) is 21.4. The number of hydrogen-bond donors (Lipinski definition) is 2. The van der Waals surface area contributed by atoms with Crippen LogP contribution < -0.4 is 0 Å². The van der Waals surface area contributed by atoms with Crippen molar-refractivity contribution in [1.29, 1.82) is 0 Å². The number of aliphatic carboxylic acids is 1. The number of methoxy groups -OCH3 is 1. The van der Waals surface area contributed by atoms with Crippen molar-refractivity contribution in [2.24, 2.45) is 53.3 Å². The van der Waals surface area contributed by atoms with Gasteiger partial charge in [-0.3, -0.25) is 9.59 Å². The van der Waals surface area contributed by atoms with E-state index >= 15 is 0 Å². The monoisotopic (exact) mass is 504 g/mol. The van der Waals surface area contributed by atoms with Crippen molar-refractivity contribution in [3.63, 3.8) is 0 Å². The number of carbonyl (C=O) groups is 3. The summed E-state index contributed by atoms with van der Waals surface area (Å²) < 4.78 is 24.6. The van der Waals surface area contributed by atoms with E-state index in [9.17, 15) is 24.6 Å². The molecule has 3 heterocycles. The standard InChI is InChI=1S/C27H36O9/c1-10-22(29)19-15(23(10)34-12(3)28)8-14(24(30)31)13-9-16-20(18(13)19)21-25(32)35-17-6-7-26(16,4)36-27(21,33-5)11(17)2/h8,10-11,13,15-23,29H,6-7,9H2,1-5H3,(H,30,31)/t10-,11+,13-,15+,16-,17-,18-,19+,20+,21+,22+,23-,26+,27+/m1/s1. The van der Waals surface area contributed by atoms with E-state index in [1.807, 2.05) is 13.8 Å². The van der Waals surface area contributed by atoms with Crippen LogP contribution in [-0.4, -0.2) is 64.9 Å². The average Bonchev–Trinajstić information content (AvgIpc) is 3.31. The fourth-order valence-electron chi connectivity index (χ4n) is 9.45. The number of carboxylic acids is 1. The van der Waals surface area contributed by atoms with E-state index in [1.54, 1.807) is 13.2 Å². The van der Waals surface area contributed by atoms with Crippen molar-refractivity contribution < 1.29 is 43.5 Å². The van der Waals surface area contributed by atoms with E-state index in [0.717, 1.165) is 0 Å². The van der Waals surface area contributed by atoms with Crippen LogP contribution in [0.15, 0.2) is 11.6 Å². The van der Waals surface area contributed by atoms with Crippen LogP contribution in [-0.2, 0) is 33.3 Å². The highest BCUT2D eigenvalue weighted by atomic mass is 16.7. The molecule has 5 fully saturated rings. The first-order chi connectivity index (χ1) is 16.9. The number of carbonyl (C=O) groups excluding carboxylic acids is 2. The summed E-state index contributed by atoms with van der Waals surface area (Å²) in [4.78, 5) is 38.2.